The third-order valence-electron chi connectivity index (χ3n) is 3.67. The first kappa shape index (κ1) is 17.2. The maximum Gasteiger partial charge on any atom is 0.435 e. The highest BCUT2D eigenvalue weighted by Gasteiger charge is 2.34. The molecule has 2 aromatic heterocycles. The number of aryl methyl sites for hydroxylation is 1. The number of anilines is 1. The average molecular weight is 356 g/mol. The Kier molecular flexibility index (Phi) is 4.62. The molecule has 1 N–H and O–H groups in total. The van der Waals surface area contributed by atoms with E-state index in [1.54, 1.807) is 19.1 Å². The predicted octanol–water partition coefficient (Wildman–Crippen LogP) is 3.00. The normalized spacial score (nSPS) is 18.2. The van der Waals surface area contributed by atoms with E-state index in [1.165, 1.54) is 4.90 Å². The number of amides is 2. The van der Waals surface area contributed by atoms with Crippen LogP contribution in [0.5, 0.6) is 0 Å². The standard InChI is InChI=1S/C15H15F3N4O3/c1-9-2-3-11(25-9)10-8-24-7-6-22(10)14(23)19-13-5-4-12(20-21-13)15(16,17)18/h2-5,10H,6-8H2,1H3,(H,19,21,23). The van der Waals surface area contributed by atoms with Crippen LogP contribution < -0.4 is 5.32 Å². The molecule has 1 aliphatic rings. The van der Waals surface area contributed by atoms with Gasteiger partial charge in [0.15, 0.2) is 11.5 Å². The Labute approximate surface area is 140 Å². The molecule has 0 bridgehead atoms. The number of hydrogen-bond donors (Lipinski definition) is 1. The SMILES string of the molecule is Cc1ccc(C2COCCN2C(=O)Nc2ccc(C(F)(F)F)nn2)o1. The zero-order valence-electron chi connectivity index (χ0n) is 13.2. The zero-order chi connectivity index (χ0) is 18.0. The third-order valence-corrected chi connectivity index (χ3v) is 3.67. The van der Waals surface area contributed by atoms with E-state index in [-0.39, 0.29) is 12.4 Å². The van der Waals surface area contributed by atoms with Crippen molar-refractivity contribution in [3.05, 3.63) is 41.5 Å². The highest BCUT2D eigenvalue weighted by Crippen LogP contribution is 2.28. The second kappa shape index (κ2) is 6.71. The molecule has 1 aliphatic heterocycles. The van der Waals surface area contributed by atoms with Crippen LogP contribution in [0, 0.1) is 6.92 Å². The summed E-state index contributed by atoms with van der Waals surface area (Å²) >= 11 is 0. The molecule has 1 saturated heterocycles. The summed E-state index contributed by atoms with van der Waals surface area (Å²) in [6.45, 7) is 2.71. The molecule has 0 radical (unpaired) electrons. The number of aromatic nitrogens is 2. The number of morpholine rings is 1. The van der Waals surface area contributed by atoms with Crippen molar-refractivity contribution in [2.45, 2.75) is 19.1 Å². The highest BCUT2D eigenvalue weighted by atomic mass is 19.4. The molecule has 2 aromatic rings. The first-order valence-corrected chi connectivity index (χ1v) is 7.47. The van der Waals surface area contributed by atoms with Gasteiger partial charge in [0.25, 0.3) is 0 Å². The number of rotatable bonds is 2. The van der Waals surface area contributed by atoms with E-state index in [2.05, 4.69) is 15.5 Å². The van der Waals surface area contributed by atoms with Gasteiger partial charge in [0.05, 0.1) is 13.2 Å². The van der Waals surface area contributed by atoms with Crippen LogP contribution in [0.4, 0.5) is 23.8 Å². The lowest BCUT2D eigenvalue weighted by molar-refractivity contribution is -0.141. The predicted molar refractivity (Wildman–Crippen MR) is 79.8 cm³/mol. The molecular formula is C15H15F3N4O3. The van der Waals surface area contributed by atoms with Gasteiger partial charge in [-0.15, -0.1) is 10.2 Å². The number of nitrogens with one attached hydrogen (secondary N) is 1. The van der Waals surface area contributed by atoms with Gasteiger partial charge in [-0.2, -0.15) is 13.2 Å². The van der Waals surface area contributed by atoms with E-state index in [9.17, 15) is 18.0 Å². The number of ether oxygens (including phenoxy) is 1. The molecule has 0 aliphatic carbocycles. The Morgan fingerprint density at radius 2 is 2.08 bits per heavy atom. The molecule has 134 valence electrons. The van der Waals surface area contributed by atoms with Crippen LogP contribution >= 0.6 is 0 Å². The Bertz CT molecular complexity index is 745. The first-order chi connectivity index (χ1) is 11.8. The van der Waals surface area contributed by atoms with Gasteiger partial charge in [-0.1, -0.05) is 0 Å². The van der Waals surface area contributed by atoms with Crippen LogP contribution in [0.3, 0.4) is 0 Å². The summed E-state index contributed by atoms with van der Waals surface area (Å²) in [6.07, 6.45) is -4.58. The van der Waals surface area contributed by atoms with Crippen LogP contribution in [-0.2, 0) is 10.9 Å². The molecule has 0 aromatic carbocycles. The van der Waals surface area contributed by atoms with Crippen LogP contribution in [0.25, 0.3) is 0 Å². The minimum Gasteiger partial charge on any atom is -0.464 e. The summed E-state index contributed by atoms with van der Waals surface area (Å²) in [4.78, 5) is 14.0. The highest BCUT2D eigenvalue weighted by molar-refractivity contribution is 5.88. The molecule has 2 amide bonds. The van der Waals surface area contributed by atoms with Crippen LogP contribution in [-0.4, -0.2) is 40.9 Å². The summed E-state index contributed by atoms with van der Waals surface area (Å²) in [7, 11) is 0. The largest absolute Gasteiger partial charge is 0.464 e. The Morgan fingerprint density at radius 3 is 2.68 bits per heavy atom. The molecule has 25 heavy (non-hydrogen) atoms. The molecule has 1 atom stereocenters. The molecule has 10 heteroatoms. The van der Waals surface area contributed by atoms with Crippen molar-refractivity contribution in [2.75, 3.05) is 25.1 Å². The van der Waals surface area contributed by atoms with Crippen molar-refractivity contribution < 1.29 is 27.1 Å². The van der Waals surface area contributed by atoms with Gasteiger partial charge in [-0.25, -0.2) is 4.79 Å². The number of halogens is 3. The second-order valence-electron chi connectivity index (χ2n) is 5.46. The summed E-state index contributed by atoms with van der Waals surface area (Å²) < 4.78 is 48.4. The van der Waals surface area contributed by atoms with E-state index in [0.29, 0.717) is 24.7 Å². The van der Waals surface area contributed by atoms with E-state index >= 15 is 0 Å². The molecule has 3 heterocycles. The van der Waals surface area contributed by atoms with E-state index in [4.69, 9.17) is 9.15 Å². The molecule has 1 fully saturated rings. The molecule has 0 spiro atoms. The average Bonchev–Trinajstić information content (AvgIpc) is 3.01. The van der Waals surface area contributed by atoms with Crippen LogP contribution in [0.2, 0.25) is 0 Å². The molecule has 3 rings (SSSR count). The summed E-state index contributed by atoms with van der Waals surface area (Å²) in [5, 5.41) is 8.92. The number of furan rings is 1. The Balaban J connectivity index is 1.72. The minimum absolute atomic E-state index is 0.0705. The van der Waals surface area contributed by atoms with Crippen molar-refractivity contribution in [1.29, 1.82) is 0 Å². The van der Waals surface area contributed by atoms with E-state index < -0.39 is 23.9 Å². The van der Waals surface area contributed by atoms with Crippen molar-refractivity contribution in [1.82, 2.24) is 15.1 Å². The molecule has 1 unspecified atom stereocenters. The number of nitrogens with zero attached hydrogens (tertiary/aromatic N) is 3. The molecule has 7 nitrogen and oxygen atoms in total. The lowest BCUT2D eigenvalue weighted by Crippen LogP contribution is -2.45. The third kappa shape index (κ3) is 3.90. The van der Waals surface area contributed by atoms with E-state index in [0.717, 1.165) is 12.1 Å². The van der Waals surface area contributed by atoms with Gasteiger partial charge in [0.2, 0.25) is 0 Å². The van der Waals surface area contributed by atoms with Crippen molar-refractivity contribution in [3.8, 4) is 0 Å². The fraction of sp³-hybridized carbons (Fsp3) is 0.400. The lowest BCUT2D eigenvalue weighted by atomic mass is 10.2. The number of carbonyl (C=O) groups is 1. The lowest BCUT2D eigenvalue weighted by Gasteiger charge is -2.34. The van der Waals surface area contributed by atoms with Gasteiger partial charge in [-0.3, -0.25) is 5.32 Å². The second-order valence-corrected chi connectivity index (χ2v) is 5.46. The van der Waals surface area contributed by atoms with Crippen molar-refractivity contribution >= 4 is 11.8 Å². The fourth-order valence-corrected chi connectivity index (χ4v) is 2.45. The van der Waals surface area contributed by atoms with Crippen molar-refractivity contribution in [3.63, 3.8) is 0 Å². The number of hydrogen-bond acceptors (Lipinski definition) is 5. The molecule has 0 saturated carbocycles. The van der Waals surface area contributed by atoms with Gasteiger partial charge >= 0.3 is 12.2 Å². The Morgan fingerprint density at radius 1 is 1.28 bits per heavy atom. The quantitative estimate of drug-likeness (QED) is 0.895. The summed E-state index contributed by atoms with van der Waals surface area (Å²) in [5.41, 5.74) is -1.12. The summed E-state index contributed by atoms with van der Waals surface area (Å²) in [6, 6.07) is 4.41. The van der Waals surface area contributed by atoms with E-state index in [1.807, 2.05) is 0 Å². The van der Waals surface area contributed by atoms with Crippen LogP contribution in [0.15, 0.2) is 28.7 Å². The monoisotopic (exact) mass is 356 g/mol. The zero-order valence-corrected chi connectivity index (χ0v) is 13.2. The van der Waals surface area contributed by atoms with Gasteiger partial charge in [-0.05, 0) is 31.2 Å². The summed E-state index contributed by atoms with van der Waals surface area (Å²) in [5.74, 6) is 1.21. The van der Waals surface area contributed by atoms with Crippen molar-refractivity contribution in [2.24, 2.45) is 0 Å². The first-order valence-electron chi connectivity index (χ1n) is 7.47. The Hall–Kier alpha value is -2.62. The topological polar surface area (TPSA) is 80.5 Å². The smallest absolute Gasteiger partial charge is 0.435 e. The molecular weight excluding hydrogens is 341 g/mol. The number of urea groups is 1. The fourth-order valence-electron chi connectivity index (χ4n) is 2.45. The van der Waals surface area contributed by atoms with Gasteiger partial charge < -0.3 is 14.1 Å². The van der Waals surface area contributed by atoms with Gasteiger partial charge in [0.1, 0.15) is 17.6 Å². The maximum absolute atomic E-state index is 12.5. The maximum atomic E-state index is 12.5. The number of alkyl halides is 3. The van der Waals surface area contributed by atoms with Gasteiger partial charge in [0, 0.05) is 6.54 Å². The minimum atomic E-state index is -4.58. The van der Waals surface area contributed by atoms with Crippen LogP contribution in [0.1, 0.15) is 23.3 Å². The number of carbonyl (C=O) groups excluding carboxylic acids is 1.